The molecule has 1 atom stereocenters. The Morgan fingerprint density at radius 2 is 1.85 bits per heavy atom. The number of amides is 3. The molecule has 0 aliphatic carbocycles. The highest BCUT2D eigenvalue weighted by atomic mass is 32.1. The molecule has 2 aliphatic heterocycles. The first-order valence-electron chi connectivity index (χ1n) is 15.8. The number of pyridine rings is 1. The molecular formula is C37H34N4O5S. The molecule has 10 heteroatoms. The van der Waals surface area contributed by atoms with Crippen LogP contribution in [0.4, 0.5) is 0 Å². The molecule has 1 N–H and O–H groups in total. The van der Waals surface area contributed by atoms with Gasteiger partial charge < -0.3 is 14.4 Å². The Morgan fingerprint density at radius 3 is 2.68 bits per heavy atom. The minimum Gasteiger partial charge on any atom is -0.491 e. The Morgan fingerprint density at radius 1 is 0.957 bits per heavy atom. The van der Waals surface area contributed by atoms with Crippen LogP contribution >= 0.6 is 11.3 Å². The Labute approximate surface area is 276 Å². The number of ether oxygens (including phenoxy) is 2. The van der Waals surface area contributed by atoms with Crippen molar-refractivity contribution in [1.29, 1.82) is 0 Å². The summed E-state index contributed by atoms with van der Waals surface area (Å²) < 4.78 is 12.9. The highest BCUT2D eigenvalue weighted by Crippen LogP contribution is 2.35. The number of thiazole rings is 1. The topological polar surface area (TPSA) is 111 Å². The number of imide groups is 1. The average molecular weight is 647 g/mol. The van der Waals surface area contributed by atoms with Crippen molar-refractivity contribution in [2.24, 2.45) is 0 Å². The average Bonchev–Trinajstić information content (AvgIpc) is 3.64. The highest BCUT2D eigenvalue weighted by Gasteiger charge is 2.39. The molecule has 5 aromatic rings. The Kier molecular flexibility index (Phi) is 8.78. The van der Waals surface area contributed by atoms with E-state index in [4.69, 9.17) is 14.5 Å². The first-order valence-corrected chi connectivity index (χ1v) is 16.6. The van der Waals surface area contributed by atoms with E-state index in [1.807, 2.05) is 18.3 Å². The maximum Gasteiger partial charge on any atom is 0.255 e. The van der Waals surface area contributed by atoms with E-state index in [-0.39, 0.29) is 18.2 Å². The summed E-state index contributed by atoms with van der Waals surface area (Å²) in [5.74, 6) is -0.248. The number of carbonyl (C=O) groups is 3. The number of rotatable bonds is 11. The molecular weight excluding hydrogens is 612 g/mol. The van der Waals surface area contributed by atoms with Crippen molar-refractivity contribution < 1.29 is 23.9 Å². The predicted molar refractivity (Wildman–Crippen MR) is 180 cm³/mol. The fourth-order valence-corrected chi connectivity index (χ4v) is 7.32. The molecule has 4 heterocycles. The number of nitrogens with one attached hydrogen (secondary N) is 1. The molecule has 47 heavy (non-hydrogen) atoms. The summed E-state index contributed by atoms with van der Waals surface area (Å²) in [7, 11) is 0. The summed E-state index contributed by atoms with van der Waals surface area (Å²) in [4.78, 5) is 47.3. The number of carbonyl (C=O) groups excluding carboxylic acids is 3. The Bertz CT molecular complexity index is 1970. The van der Waals surface area contributed by atoms with Crippen LogP contribution in [0.1, 0.15) is 46.3 Å². The molecule has 9 nitrogen and oxygen atoms in total. The molecule has 1 fully saturated rings. The van der Waals surface area contributed by atoms with Gasteiger partial charge in [0.05, 0.1) is 16.8 Å². The van der Waals surface area contributed by atoms with Crippen LogP contribution in [0, 0.1) is 6.92 Å². The van der Waals surface area contributed by atoms with Crippen molar-refractivity contribution in [3.63, 3.8) is 0 Å². The van der Waals surface area contributed by atoms with E-state index in [0.717, 1.165) is 45.6 Å². The van der Waals surface area contributed by atoms with Gasteiger partial charge in [-0.3, -0.25) is 24.7 Å². The summed E-state index contributed by atoms with van der Waals surface area (Å²) >= 11 is 1.72. The zero-order valence-electron chi connectivity index (χ0n) is 26.0. The van der Waals surface area contributed by atoms with Crippen LogP contribution in [0.25, 0.3) is 31.9 Å². The number of hydrogen-bond donors (Lipinski definition) is 1. The molecule has 3 amide bonds. The normalized spacial score (nSPS) is 16.1. The zero-order chi connectivity index (χ0) is 32.3. The largest absolute Gasteiger partial charge is 0.491 e. The quantitative estimate of drug-likeness (QED) is 0.136. The molecule has 238 valence electrons. The second-order valence-corrected chi connectivity index (χ2v) is 12.9. The second-order valence-electron chi connectivity index (χ2n) is 11.9. The maximum atomic E-state index is 12.9. The summed E-state index contributed by atoms with van der Waals surface area (Å²) in [5, 5.41) is 3.35. The van der Waals surface area contributed by atoms with Gasteiger partial charge in [0.25, 0.3) is 5.91 Å². The fraction of sp³-hybridized carbons (Fsp3) is 0.270. The third-order valence-corrected chi connectivity index (χ3v) is 9.70. The fourth-order valence-electron chi connectivity index (χ4n) is 6.20. The van der Waals surface area contributed by atoms with E-state index >= 15 is 0 Å². The zero-order valence-corrected chi connectivity index (χ0v) is 26.8. The van der Waals surface area contributed by atoms with Crippen molar-refractivity contribution >= 4 is 39.3 Å². The number of fused-ring (bicyclic) bond motifs is 2. The first kappa shape index (κ1) is 30.7. The predicted octanol–water partition coefficient (Wildman–Crippen LogP) is 6.12. The molecule has 2 aliphatic rings. The molecule has 3 aromatic carbocycles. The van der Waals surface area contributed by atoms with Crippen molar-refractivity contribution in [2.45, 2.75) is 45.2 Å². The van der Waals surface area contributed by atoms with Gasteiger partial charge in [-0.1, -0.05) is 30.3 Å². The molecule has 0 bridgehead atoms. The third kappa shape index (κ3) is 6.65. The van der Waals surface area contributed by atoms with Crippen LogP contribution in [-0.2, 0) is 27.3 Å². The van der Waals surface area contributed by atoms with Crippen LogP contribution in [-0.4, -0.2) is 58.5 Å². The minimum atomic E-state index is -0.627. The third-order valence-electron chi connectivity index (χ3n) is 8.65. The van der Waals surface area contributed by atoms with E-state index in [9.17, 15) is 14.4 Å². The highest BCUT2D eigenvalue weighted by molar-refractivity contribution is 7.21. The molecule has 0 spiro atoms. The molecule has 7 rings (SSSR count). The van der Waals surface area contributed by atoms with Gasteiger partial charge in [-0.15, -0.1) is 11.3 Å². The monoisotopic (exact) mass is 646 g/mol. The van der Waals surface area contributed by atoms with Gasteiger partial charge in [0, 0.05) is 43.1 Å². The molecule has 2 aromatic heterocycles. The van der Waals surface area contributed by atoms with E-state index in [1.54, 1.807) is 29.7 Å². The number of piperidine rings is 1. The maximum absolute atomic E-state index is 12.9. The summed E-state index contributed by atoms with van der Waals surface area (Å²) in [5.41, 5.74) is 8.25. The van der Waals surface area contributed by atoms with Crippen LogP contribution in [0.3, 0.4) is 0 Å². The number of benzene rings is 3. The molecule has 0 saturated carbocycles. The lowest BCUT2D eigenvalue weighted by Gasteiger charge is -2.29. The van der Waals surface area contributed by atoms with E-state index in [0.29, 0.717) is 44.1 Å². The van der Waals surface area contributed by atoms with Crippen molar-refractivity contribution in [3.8, 4) is 27.4 Å². The minimum absolute atomic E-state index is 0.193. The number of aromatic nitrogens is 2. The van der Waals surface area contributed by atoms with Crippen LogP contribution in [0.15, 0.2) is 79.1 Å². The smallest absolute Gasteiger partial charge is 0.255 e. The summed E-state index contributed by atoms with van der Waals surface area (Å²) in [6.45, 7) is 3.92. The van der Waals surface area contributed by atoms with Gasteiger partial charge in [-0.25, -0.2) is 4.98 Å². The first-order chi connectivity index (χ1) is 22.9. The van der Waals surface area contributed by atoms with Crippen molar-refractivity contribution in [1.82, 2.24) is 20.2 Å². The van der Waals surface area contributed by atoms with Gasteiger partial charge >= 0.3 is 0 Å². The number of nitrogens with zero attached hydrogens (tertiary/aromatic N) is 3. The second kappa shape index (κ2) is 13.4. The molecule has 1 saturated heterocycles. The molecule has 0 radical (unpaired) electrons. The SMILES string of the molecule is Cc1cc(-c2cccnc2)ccc1-c1nc2ccc(CCCOCCOc3ccc4c(c3)CN(C3CCC(=O)NC3=O)C4=O)cc2s1. The number of aryl methyl sites for hydroxylation is 2. The lowest BCUT2D eigenvalue weighted by Crippen LogP contribution is -2.52. The van der Waals surface area contributed by atoms with E-state index in [2.05, 4.69) is 59.7 Å². The van der Waals surface area contributed by atoms with E-state index < -0.39 is 11.9 Å². The van der Waals surface area contributed by atoms with Gasteiger partial charge in [-0.2, -0.15) is 0 Å². The Balaban J connectivity index is 0.865. The van der Waals surface area contributed by atoms with Gasteiger partial charge in [-0.05, 0) is 90.4 Å². The van der Waals surface area contributed by atoms with Gasteiger partial charge in [0.2, 0.25) is 11.8 Å². The summed E-state index contributed by atoms with van der Waals surface area (Å²) in [6.07, 6.45) is 6.05. The Hall–Kier alpha value is -4.93. The van der Waals surface area contributed by atoms with E-state index in [1.165, 1.54) is 20.7 Å². The number of hydrogen-bond acceptors (Lipinski definition) is 8. The van der Waals surface area contributed by atoms with Gasteiger partial charge in [0.1, 0.15) is 23.4 Å². The molecule has 1 unspecified atom stereocenters. The standard InChI is InChI=1S/C37H34N4O5S/c1-23-18-25(26-5-2-14-38-21-26)7-9-29(23)36-39-31-11-6-24(19-33(31)47-36)4-3-15-45-16-17-46-28-8-10-30-27(20-28)22-41(37(30)44)32-12-13-34(42)40-35(32)43/h2,5-11,14,18-21,32H,3-4,12-13,15-17,22H2,1H3,(H,40,42,43). The van der Waals surface area contributed by atoms with Crippen molar-refractivity contribution in [3.05, 3.63) is 101 Å². The van der Waals surface area contributed by atoms with Crippen LogP contribution < -0.4 is 10.1 Å². The lowest BCUT2D eigenvalue weighted by atomic mass is 10.0. The van der Waals surface area contributed by atoms with Crippen LogP contribution in [0.5, 0.6) is 5.75 Å². The summed E-state index contributed by atoms with van der Waals surface area (Å²) in [6, 6.07) is 21.7. The lowest BCUT2D eigenvalue weighted by molar-refractivity contribution is -0.136. The van der Waals surface area contributed by atoms with Crippen molar-refractivity contribution in [2.75, 3.05) is 19.8 Å². The van der Waals surface area contributed by atoms with Gasteiger partial charge in [0.15, 0.2) is 0 Å². The van der Waals surface area contributed by atoms with Crippen LogP contribution in [0.2, 0.25) is 0 Å².